The molecule has 3 heterocycles. The highest BCUT2D eigenvalue weighted by molar-refractivity contribution is 5.94. The van der Waals surface area contributed by atoms with Gasteiger partial charge in [0.05, 0.1) is 18.2 Å². The summed E-state index contributed by atoms with van der Waals surface area (Å²) in [5.41, 5.74) is 0.408. The van der Waals surface area contributed by atoms with E-state index < -0.39 is 17.4 Å². The zero-order chi connectivity index (χ0) is 23.1. The molecule has 11 heteroatoms. The van der Waals surface area contributed by atoms with Crippen molar-refractivity contribution >= 4 is 33.7 Å². The maximum absolute atomic E-state index is 12.6. The molecule has 5 rings (SSSR count). The van der Waals surface area contributed by atoms with Gasteiger partial charge in [-0.3, -0.25) is 18.9 Å². The van der Waals surface area contributed by atoms with E-state index in [0.29, 0.717) is 16.5 Å². The summed E-state index contributed by atoms with van der Waals surface area (Å²) in [6.07, 6.45) is -0.976. The van der Waals surface area contributed by atoms with Gasteiger partial charge in [-0.25, -0.2) is 4.79 Å². The zero-order valence-electron chi connectivity index (χ0n) is 17.4. The largest absolute Gasteiger partial charge is 0.493 e. The number of aromatic nitrogens is 5. The number of aliphatic hydroxyl groups is 1. The SMILES string of the molecule is Cn1c(=O)[nH]c(=O)c2c1nc(N=Nc1c(O)[nH]c3ccccc13)n2CC(O)c1ccccc1. The molecule has 33 heavy (non-hydrogen) atoms. The van der Waals surface area contributed by atoms with Crippen molar-refractivity contribution < 1.29 is 10.2 Å². The molecule has 0 amide bonds. The molecule has 5 aromatic rings. The molecular formula is C22H19N7O4. The average molecular weight is 445 g/mol. The summed E-state index contributed by atoms with van der Waals surface area (Å²) >= 11 is 0. The van der Waals surface area contributed by atoms with Crippen LogP contribution in [0.15, 0.2) is 74.4 Å². The molecule has 0 fully saturated rings. The summed E-state index contributed by atoms with van der Waals surface area (Å²) in [5, 5.41) is 30.0. The Labute approximate surface area is 185 Å². The minimum atomic E-state index is -0.976. The van der Waals surface area contributed by atoms with Crippen LogP contribution in [0.5, 0.6) is 5.88 Å². The number of aromatic hydroxyl groups is 1. The molecule has 0 saturated carbocycles. The van der Waals surface area contributed by atoms with Gasteiger partial charge in [-0.05, 0) is 11.6 Å². The second-order valence-electron chi connectivity index (χ2n) is 7.51. The Morgan fingerprint density at radius 2 is 1.76 bits per heavy atom. The number of aromatic amines is 2. The zero-order valence-corrected chi connectivity index (χ0v) is 17.4. The number of hydrogen-bond acceptors (Lipinski definition) is 7. The van der Waals surface area contributed by atoms with Gasteiger partial charge in [0, 0.05) is 12.4 Å². The van der Waals surface area contributed by atoms with Gasteiger partial charge in [-0.15, -0.1) is 10.2 Å². The van der Waals surface area contributed by atoms with Gasteiger partial charge in [0.1, 0.15) is 0 Å². The van der Waals surface area contributed by atoms with E-state index in [0.717, 1.165) is 0 Å². The van der Waals surface area contributed by atoms with Crippen LogP contribution in [0.25, 0.3) is 22.1 Å². The number of hydrogen-bond donors (Lipinski definition) is 4. The first-order chi connectivity index (χ1) is 15.9. The van der Waals surface area contributed by atoms with Gasteiger partial charge in [-0.1, -0.05) is 48.5 Å². The van der Waals surface area contributed by atoms with Crippen molar-refractivity contribution in [2.24, 2.45) is 17.3 Å². The molecule has 0 saturated heterocycles. The lowest BCUT2D eigenvalue weighted by atomic mass is 10.1. The molecule has 0 bridgehead atoms. The lowest BCUT2D eigenvalue weighted by Gasteiger charge is -2.13. The van der Waals surface area contributed by atoms with E-state index in [-0.39, 0.29) is 35.2 Å². The lowest BCUT2D eigenvalue weighted by molar-refractivity contribution is 0.158. The van der Waals surface area contributed by atoms with E-state index in [1.165, 1.54) is 16.2 Å². The number of imidazole rings is 1. The number of H-pyrrole nitrogens is 2. The minimum absolute atomic E-state index is 0.00337. The summed E-state index contributed by atoms with van der Waals surface area (Å²) in [6.45, 7) is -0.0595. The number of aliphatic hydroxyl groups excluding tert-OH is 1. The second kappa shape index (κ2) is 7.88. The summed E-state index contributed by atoms with van der Waals surface area (Å²) < 4.78 is 2.59. The number of azo groups is 1. The van der Waals surface area contributed by atoms with Crippen LogP contribution >= 0.6 is 0 Å². The van der Waals surface area contributed by atoms with Crippen molar-refractivity contribution in [3.63, 3.8) is 0 Å². The first-order valence-electron chi connectivity index (χ1n) is 10.1. The topological polar surface area (TPSA) is 154 Å². The predicted molar refractivity (Wildman–Crippen MR) is 121 cm³/mol. The van der Waals surface area contributed by atoms with Crippen LogP contribution in [0.1, 0.15) is 11.7 Å². The molecule has 3 aromatic heterocycles. The van der Waals surface area contributed by atoms with Crippen molar-refractivity contribution in [1.29, 1.82) is 0 Å². The molecule has 0 radical (unpaired) electrons. The number of rotatable bonds is 5. The number of benzene rings is 2. The number of para-hydroxylation sites is 1. The van der Waals surface area contributed by atoms with Crippen LogP contribution in [-0.2, 0) is 13.6 Å². The lowest BCUT2D eigenvalue weighted by Crippen LogP contribution is -2.29. The van der Waals surface area contributed by atoms with Crippen molar-refractivity contribution in [3.8, 4) is 5.88 Å². The van der Waals surface area contributed by atoms with Gasteiger partial charge in [0.15, 0.2) is 16.9 Å². The highest BCUT2D eigenvalue weighted by Crippen LogP contribution is 2.36. The van der Waals surface area contributed by atoms with Crippen LogP contribution in [0.3, 0.4) is 0 Å². The fourth-order valence-electron chi connectivity index (χ4n) is 3.73. The normalized spacial score (nSPS) is 12.8. The van der Waals surface area contributed by atoms with Gasteiger partial charge in [0.2, 0.25) is 5.88 Å². The first-order valence-corrected chi connectivity index (χ1v) is 10.1. The van der Waals surface area contributed by atoms with Crippen molar-refractivity contribution in [2.45, 2.75) is 12.6 Å². The molecule has 1 unspecified atom stereocenters. The monoisotopic (exact) mass is 445 g/mol. The van der Waals surface area contributed by atoms with Gasteiger partial charge in [0.25, 0.3) is 11.5 Å². The Kier molecular flexibility index (Phi) is 4.87. The van der Waals surface area contributed by atoms with E-state index in [4.69, 9.17) is 0 Å². The third kappa shape index (κ3) is 3.49. The maximum Gasteiger partial charge on any atom is 0.329 e. The minimum Gasteiger partial charge on any atom is -0.493 e. The predicted octanol–water partition coefficient (Wildman–Crippen LogP) is 2.76. The average Bonchev–Trinajstić information content (AvgIpc) is 3.33. The molecule has 0 aliphatic carbocycles. The molecular weight excluding hydrogens is 426 g/mol. The van der Waals surface area contributed by atoms with Gasteiger partial charge < -0.3 is 15.2 Å². The number of nitrogens with one attached hydrogen (secondary N) is 2. The first kappa shape index (κ1) is 20.4. The van der Waals surface area contributed by atoms with Crippen LogP contribution in [0.4, 0.5) is 11.6 Å². The number of nitrogens with zero attached hydrogens (tertiary/aromatic N) is 5. The third-order valence-corrected chi connectivity index (χ3v) is 5.43. The van der Waals surface area contributed by atoms with Crippen LogP contribution in [0, 0.1) is 0 Å². The Morgan fingerprint density at radius 1 is 1.03 bits per heavy atom. The van der Waals surface area contributed by atoms with E-state index in [9.17, 15) is 19.8 Å². The van der Waals surface area contributed by atoms with Crippen molar-refractivity contribution in [2.75, 3.05) is 0 Å². The highest BCUT2D eigenvalue weighted by Gasteiger charge is 2.21. The highest BCUT2D eigenvalue weighted by atomic mass is 16.3. The second-order valence-corrected chi connectivity index (χ2v) is 7.51. The summed E-state index contributed by atoms with van der Waals surface area (Å²) in [4.78, 5) is 34.1. The van der Waals surface area contributed by atoms with Gasteiger partial charge in [-0.2, -0.15) is 4.98 Å². The maximum atomic E-state index is 12.6. The molecule has 0 aliphatic rings. The molecule has 0 aliphatic heterocycles. The smallest absolute Gasteiger partial charge is 0.329 e. The third-order valence-electron chi connectivity index (χ3n) is 5.43. The fraction of sp³-hybridized carbons (Fsp3) is 0.136. The molecule has 4 N–H and O–H groups in total. The molecule has 2 aromatic carbocycles. The van der Waals surface area contributed by atoms with Gasteiger partial charge >= 0.3 is 5.69 Å². The molecule has 0 spiro atoms. The van der Waals surface area contributed by atoms with E-state index in [1.807, 2.05) is 12.1 Å². The summed E-state index contributed by atoms with van der Waals surface area (Å²) in [5.74, 6) is -0.173. The van der Waals surface area contributed by atoms with Crippen LogP contribution in [-0.4, -0.2) is 34.3 Å². The number of aryl methyl sites for hydroxylation is 1. The summed E-state index contributed by atoms with van der Waals surface area (Å²) in [7, 11) is 1.47. The van der Waals surface area contributed by atoms with Crippen LogP contribution < -0.4 is 11.2 Å². The van der Waals surface area contributed by atoms with E-state index in [1.54, 1.807) is 42.5 Å². The van der Waals surface area contributed by atoms with E-state index >= 15 is 0 Å². The fourth-order valence-corrected chi connectivity index (χ4v) is 3.73. The Bertz CT molecular complexity index is 1630. The Balaban J connectivity index is 1.67. The van der Waals surface area contributed by atoms with Crippen LogP contribution in [0.2, 0.25) is 0 Å². The molecule has 166 valence electrons. The Hall–Kier alpha value is -4.51. The molecule has 1 atom stereocenters. The van der Waals surface area contributed by atoms with Crippen molar-refractivity contribution in [1.82, 2.24) is 24.1 Å². The Morgan fingerprint density at radius 3 is 2.55 bits per heavy atom. The summed E-state index contributed by atoms with van der Waals surface area (Å²) in [6, 6.07) is 16.1. The standard InChI is InChI=1S/C22H19N7O4/c1-28-18-17(20(32)25-22(28)33)29(11-15(30)12-7-3-2-4-8-12)21(24-18)27-26-16-13-9-5-6-10-14(13)23-19(16)31/h2-10,15,23,30-31H,11H2,1H3,(H,25,32,33). The quantitative estimate of drug-likeness (QED) is 0.306. The molecule has 11 nitrogen and oxygen atoms in total. The van der Waals surface area contributed by atoms with E-state index in [2.05, 4.69) is 25.2 Å². The number of fused-ring (bicyclic) bond motifs is 2. The van der Waals surface area contributed by atoms with Crippen molar-refractivity contribution in [3.05, 3.63) is 81.0 Å².